The predicted molar refractivity (Wildman–Crippen MR) is 114 cm³/mol. The third kappa shape index (κ3) is 4.81. The third-order valence-corrected chi connectivity index (χ3v) is 6.65. The van der Waals surface area contributed by atoms with Crippen molar-refractivity contribution in [3.63, 3.8) is 0 Å². The number of rotatable bonds is 7. The zero-order chi connectivity index (χ0) is 21.0. The maximum Gasteiger partial charge on any atom is 0.261 e. The molecule has 1 N–H and O–H groups in total. The van der Waals surface area contributed by atoms with Gasteiger partial charge >= 0.3 is 0 Å². The fraction of sp³-hybridized carbons (Fsp3) is 0.364. The molecule has 0 spiro atoms. The molecule has 8 heteroatoms. The summed E-state index contributed by atoms with van der Waals surface area (Å²) in [6.07, 6.45) is 6.25. The van der Waals surface area contributed by atoms with Crippen LogP contribution in [0.2, 0.25) is 0 Å². The summed E-state index contributed by atoms with van der Waals surface area (Å²) in [6.45, 7) is 2.36. The van der Waals surface area contributed by atoms with Gasteiger partial charge in [-0.2, -0.15) is 0 Å². The van der Waals surface area contributed by atoms with E-state index in [-0.39, 0.29) is 10.8 Å². The number of nitrogens with zero attached hydrogens (tertiary/aromatic N) is 2. The Balaban J connectivity index is 1.46. The van der Waals surface area contributed by atoms with Gasteiger partial charge in [0.15, 0.2) is 0 Å². The molecule has 0 atom stereocenters. The first-order chi connectivity index (χ1) is 14.5. The summed E-state index contributed by atoms with van der Waals surface area (Å²) in [5.74, 6) is 1.94. The molecule has 0 amide bonds. The average Bonchev–Trinajstić information content (AvgIpc) is 3.19. The minimum Gasteiger partial charge on any atom is -0.493 e. The number of anilines is 1. The van der Waals surface area contributed by atoms with Crippen LogP contribution in [0.1, 0.15) is 38.0 Å². The van der Waals surface area contributed by atoms with E-state index in [1.807, 2.05) is 0 Å². The van der Waals surface area contributed by atoms with E-state index in [9.17, 15) is 8.42 Å². The van der Waals surface area contributed by atoms with Gasteiger partial charge in [-0.05, 0) is 55.2 Å². The molecule has 30 heavy (non-hydrogen) atoms. The van der Waals surface area contributed by atoms with Crippen molar-refractivity contribution in [1.82, 2.24) is 10.2 Å². The van der Waals surface area contributed by atoms with Crippen molar-refractivity contribution < 1.29 is 17.6 Å². The molecule has 0 aliphatic heterocycles. The minimum atomic E-state index is -3.78. The number of hydrogen-bond donors (Lipinski definition) is 1. The van der Waals surface area contributed by atoms with Crippen molar-refractivity contribution in [1.29, 1.82) is 0 Å². The van der Waals surface area contributed by atoms with Crippen LogP contribution < -0.4 is 9.46 Å². The van der Waals surface area contributed by atoms with Crippen molar-refractivity contribution in [2.45, 2.75) is 43.9 Å². The fourth-order valence-electron chi connectivity index (χ4n) is 3.65. The van der Waals surface area contributed by atoms with Crippen molar-refractivity contribution in [3.8, 4) is 17.2 Å². The Kier molecular flexibility index (Phi) is 6.03. The monoisotopic (exact) mass is 427 g/mol. The SMILES string of the molecule is Cc1nnc(-c2ccccc2NS(=O)(=O)c2ccc(OCC3CCCCC3)cc2)o1. The molecule has 1 saturated carbocycles. The molecule has 2 aromatic carbocycles. The molecule has 4 rings (SSSR count). The molecule has 158 valence electrons. The molecule has 0 saturated heterocycles. The second kappa shape index (κ2) is 8.87. The Hall–Kier alpha value is -2.87. The Morgan fingerprint density at radius 3 is 2.47 bits per heavy atom. The number of sulfonamides is 1. The van der Waals surface area contributed by atoms with Gasteiger partial charge in [-0.15, -0.1) is 10.2 Å². The Bertz CT molecular complexity index is 1090. The van der Waals surface area contributed by atoms with E-state index < -0.39 is 10.0 Å². The topological polar surface area (TPSA) is 94.3 Å². The average molecular weight is 428 g/mol. The highest BCUT2D eigenvalue weighted by Gasteiger charge is 2.19. The summed E-state index contributed by atoms with van der Waals surface area (Å²) in [4.78, 5) is 0.157. The molecule has 0 radical (unpaired) electrons. The maximum absolute atomic E-state index is 12.9. The second-order valence-electron chi connectivity index (χ2n) is 7.56. The van der Waals surface area contributed by atoms with Crippen LogP contribution in [0.25, 0.3) is 11.5 Å². The molecule has 1 aliphatic rings. The van der Waals surface area contributed by atoms with Gasteiger partial charge in [0.25, 0.3) is 10.0 Å². The maximum atomic E-state index is 12.9. The lowest BCUT2D eigenvalue weighted by atomic mass is 9.90. The third-order valence-electron chi connectivity index (χ3n) is 5.27. The zero-order valence-electron chi connectivity index (χ0n) is 16.9. The van der Waals surface area contributed by atoms with E-state index >= 15 is 0 Å². The van der Waals surface area contributed by atoms with Gasteiger partial charge in [-0.25, -0.2) is 8.42 Å². The van der Waals surface area contributed by atoms with Gasteiger partial charge in [0.2, 0.25) is 11.8 Å². The fourth-order valence-corrected chi connectivity index (χ4v) is 4.73. The van der Waals surface area contributed by atoms with Gasteiger partial charge in [-0.1, -0.05) is 31.4 Å². The normalized spacial score (nSPS) is 15.1. The highest BCUT2D eigenvalue weighted by molar-refractivity contribution is 7.92. The standard InChI is InChI=1S/C22H25N3O4S/c1-16-23-24-22(29-16)20-9-5-6-10-21(20)25-30(26,27)19-13-11-18(12-14-19)28-15-17-7-3-2-4-8-17/h5-6,9-14,17,25H,2-4,7-8,15H2,1H3. The van der Waals surface area contributed by atoms with Gasteiger partial charge in [0, 0.05) is 6.92 Å². The van der Waals surface area contributed by atoms with Crippen molar-refractivity contribution in [2.75, 3.05) is 11.3 Å². The molecule has 1 fully saturated rings. The highest BCUT2D eigenvalue weighted by Crippen LogP contribution is 2.29. The number of ether oxygens (including phenoxy) is 1. The van der Waals surface area contributed by atoms with Gasteiger partial charge in [0.05, 0.1) is 22.8 Å². The van der Waals surface area contributed by atoms with E-state index in [0.29, 0.717) is 35.4 Å². The lowest BCUT2D eigenvalue weighted by Crippen LogP contribution is -2.15. The number of benzene rings is 2. The van der Waals surface area contributed by atoms with Crippen LogP contribution in [0.5, 0.6) is 5.75 Å². The summed E-state index contributed by atoms with van der Waals surface area (Å²) < 4.78 is 39.7. The lowest BCUT2D eigenvalue weighted by Gasteiger charge is -2.21. The van der Waals surface area contributed by atoms with Crippen LogP contribution in [-0.4, -0.2) is 25.2 Å². The number of aromatic nitrogens is 2. The van der Waals surface area contributed by atoms with Crippen LogP contribution in [-0.2, 0) is 10.0 Å². The zero-order valence-corrected chi connectivity index (χ0v) is 17.7. The van der Waals surface area contributed by atoms with Gasteiger partial charge in [0.1, 0.15) is 5.75 Å². The first kappa shape index (κ1) is 20.4. The highest BCUT2D eigenvalue weighted by atomic mass is 32.2. The first-order valence-corrected chi connectivity index (χ1v) is 11.6. The molecule has 0 bridgehead atoms. The van der Waals surface area contributed by atoms with E-state index in [4.69, 9.17) is 9.15 Å². The van der Waals surface area contributed by atoms with Crippen LogP contribution in [0.3, 0.4) is 0 Å². The molecule has 1 aliphatic carbocycles. The summed E-state index contributed by atoms with van der Waals surface area (Å²) in [5, 5.41) is 7.79. The van der Waals surface area contributed by atoms with E-state index in [1.165, 1.54) is 32.1 Å². The van der Waals surface area contributed by atoms with Crippen LogP contribution in [0.4, 0.5) is 5.69 Å². The molecular formula is C22H25N3O4S. The van der Waals surface area contributed by atoms with Crippen molar-refractivity contribution >= 4 is 15.7 Å². The second-order valence-corrected chi connectivity index (χ2v) is 9.25. The van der Waals surface area contributed by atoms with Gasteiger partial charge < -0.3 is 9.15 Å². The summed E-state index contributed by atoms with van der Waals surface area (Å²) in [6, 6.07) is 13.4. The molecule has 1 heterocycles. The first-order valence-electron chi connectivity index (χ1n) is 10.2. The smallest absolute Gasteiger partial charge is 0.261 e. The number of aryl methyl sites for hydroxylation is 1. The lowest BCUT2D eigenvalue weighted by molar-refractivity contribution is 0.209. The number of hydrogen-bond acceptors (Lipinski definition) is 6. The summed E-state index contributed by atoms with van der Waals surface area (Å²) in [5.41, 5.74) is 0.896. The quantitative estimate of drug-likeness (QED) is 0.582. The molecule has 1 aromatic heterocycles. The van der Waals surface area contributed by atoms with E-state index in [2.05, 4.69) is 14.9 Å². The summed E-state index contributed by atoms with van der Waals surface area (Å²) in [7, 11) is -3.78. The molecule has 0 unspecified atom stereocenters. The molecule has 7 nitrogen and oxygen atoms in total. The van der Waals surface area contributed by atoms with Crippen molar-refractivity contribution in [2.24, 2.45) is 5.92 Å². The van der Waals surface area contributed by atoms with Crippen molar-refractivity contribution in [3.05, 3.63) is 54.4 Å². The number of para-hydroxylation sites is 1. The molecular weight excluding hydrogens is 402 g/mol. The van der Waals surface area contributed by atoms with E-state index in [1.54, 1.807) is 55.5 Å². The Labute approximate surface area is 176 Å². The van der Waals surface area contributed by atoms with Crippen LogP contribution in [0, 0.1) is 12.8 Å². The largest absolute Gasteiger partial charge is 0.493 e. The Morgan fingerprint density at radius 1 is 1.03 bits per heavy atom. The van der Waals surface area contributed by atoms with Crippen LogP contribution in [0.15, 0.2) is 57.8 Å². The van der Waals surface area contributed by atoms with E-state index in [0.717, 1.165) is 0 Å². The van der Waals surface area contributed by atoms with Crippen LogP contribution >= 0.6 is 0 Å². The Morgan fingerprint density at radius 2 is 1.77 bits per heavy atom. The molecule has 3 aromatic rings. The summed E-state index contributed by atoms with van der Waals surface area (Å²) >= 11 is 0. The number of nitrogens with one attached hydrogen (secondary N) is 1. The van der Waals surface area contributed by atoms with Gasteiger partial charge in [-0.3, -0.25) is 4.72 Å². The predicted octanol–water partition coefficient (Wildman–Crippen LogP) is 4.80. The minimum absolute atomic E-state index is 0.157.